The van der Waals surface area contributed by atoms with E-state index in [4.69, 9.17) is 26.8 Å². The van der Waals surface area contributed by atoms with Crippen molar-refractivity contribution < 1.29 is 14.4 Å². The smallest absolute Gasteiger partial charge is 0.310 e. The van der Waals surface area contributed by atoms with E-state index >= 15 is 0 Å². The van der Waals surface area contributed by atoms with E-state index in [1.807, 2.05) is 68.4 Å². The van der Waals surface area contributed by atoms with Crippen LogP contribution in [0.5, 0.6) is 0 Å². The van der Waals surface area contributed by atoms with Gasteiger partial charge in [0.15, 0.2) is 0 Å². The third-order valence-corrected chi connectivity index (χ3v) is 8.82. The molecule has 4 aromatic rings. The molecule has 7 nitrogen and oxygen atoms in total. The second-order valence-corrected chi connectivity index (χ2v) is 13.9. The molecule has 1 aliphatic heterocycles. The molecule has 0 bridgehead atoms. The molecule has 3 aromatic carbocycles. The van der Waals surface area contributed by atoms with Gasteiger partial charge in [0.2, 0.25) is 5.82 Å². The molecule has 1 aliphatic rings. The highest BCUT2D eigenvalue weighted by Gasteiger charge is 2.41. The van der Waals surface area contributed by atoms with Gasteiger partial charge in [0.25, 0.3) is 5.89 Å². The van der Waals surface area contributed by atoms with Gasteiger partial charge in [-0.3, -0.25) is 9.69 Å². The number of carboxylic acid groups (broad SMARTS) is 1. The van der Waals surface area contributed by atoms with Crippen LogP contribution >= 0.6 is 11.6 Å². The minimum Gasteiger partial charge on any atom is -0.481 e. The molecule has 5 rings (SSSR count). The first kappa shape index (κ1) is 31.9. The van der Waals surface area contributed by atoms with Gasteiger partial charge in [-0.15, -0.1) is 0 Å². The Kier molecular flexibility index (Phi) is 9.59. The summed E-state index contributed by atoms with van der Waals surface area (Å²) in [4.78, 5) is 19.5. The Hall–Kier alpha value is -3.52. The summed E-state index contributed by atoms with van der Waals surface area (Å²) < 4.78 is 5.69. The molecule has 0 amide bonds. The van der Waals surface area contributed by atoms with Gasteiger partial charge in [0.05, 0.1) is 5.41 Å². The van der Waals surface area contributed by atoms with E-state index < -0.39 is 16.9 Å². The van der Waals surface area contributed by atoms with Gasteiger partial charge in [0, 0.05) is 28.2 Å². The first-order valence-electron chi connectivity index (χ1n) is 15.4. The number of hydrogen-bond acceptors (Lipinski definition) is 6. The minimum absolute atomic E-state index is 0.422. The number of aliphatic carboxylic acids is 1. The number of aromatic nitrogens is 2. The highest BCUT2D eigenvalue weighted by Crippen LogP contribution is 2.37. The van der Waals surface area contributed by atoms with Crippen LogP contribution in [0.4, 0.5) is 0 Å². The Morgan fingerprint density at radius 2 is 1.77 bits per heavy atom. The Balaban J connectivity index is 1.33. The van der Waals surface area contributed by atoms with Crippen molar-refractivity contribution >= 4 is 17.6 Å². The normalized spacial score (nSPS) is 15.5. The molecule has 0 aliphatic carbocycles. The maximum atomic E-state index is 12.4. The highest BCUT2D eigenvalue weighted by atomic mass is 35.5. The van der Waals surface area contributed by atoms with Crippen molar-refractivity contribution in [3.8, 4) is 22.8 Å². The van der Waals surface area contributed by atoms with Crippen LogP contribution in [0, 0.1) is 11.3 Å². The third-order valence-electron chi connectivity index (χ3n) is 8.47. The van der Waals surface area contributed by atoms with Crippen molar-refractivity contribution in [3.63, 3.8) is 0 Å². The van der Waals surface area contributed by atoms with Crippen molar-refractivity contribution in [1.82, 2.24) is 15.0 Å². The summed E-state index contributed by atoms with van der Waals surface area (Å²) in [7, 11) is 0. The number of likely N-dealkylation sites (tertiary alicyclic amines) is 1. The van der Waals surface area contributed by atoms with Crippen LogP contribution in [0.1, 0.15) is 62.8 Å². The Labute approximate surface area is 265 Å². The molecule has 44 heavy (non-hydrogen) atoms. The van der Waals surface area contributed by atoms with Gasteiger partial charge in [-0.05, 0) is 99.3 Å². The molecule has 1 saturated heterocycles. The molecule has 0 radical (unpaired) electrons. The lowest BCUT2D eigenvalue weighted by Gasteiger charge is -2.39. The summed E-state index contributed by atoms with van der Waals surface area (Å²) in [6, 6.07) is 22.2. The minimum atomic E-state index is -0.730. The largest absolute Gasteiger partial charge is 0.481 e. The summed E-state index contributed by atoms with van der Waals surface area (Å²) in [6.45, 7) is 10.5. The number of nitrogens with zero attached hydrogens (tertiary/aromatic N) is 3. The van der Waals surface area contributed by atoms with Gasteiger partial charge in [0.1, 0.15) is 0 Å². The topological polar surface area (TPSA) is 105 Å². The summed E-state index contributed by atoms with van der Waals surface area (Å²) in [6.07, 6.45) is 3.33. The fraction of sp³-hybridized carbons (Fsp3) is 0.417. The second-order valence-electron chi connectivity index (χ2n) is 13.5. The van der Waals surface area contributed by atoms with Crippen LogP contribution in [0.2, 0.25) is 5.02 Å². The SMILES string of the molecule is CC(C)Cc1ccc(-c2nc(-c3ccc(CN4CCC(Cc5ccccc5)(C(=O)O)CC4)cc3CC(C)(C)N)no2)cc1Cl. The molecular weight excluding hydrogens is 572 g/mol. The van der Waals surface area contributed by atoms with E-state index in [9.17, 15) is 9.90 Å². The third kappa shape index (κ3) is 7.76. The van der Waals surface area contributed by atoms with Gasteiger partial charge < -0.3 is 15.4 Å². The zero-order chi connectivity index (χ0) is 31.5. The van der Waals surface area contributed by atoms with Crippen molar-refractivity contribution in [2.45, 2.75) is 71.9 Å². The maximum Gasteiger partial charge on any atom is 0.310 e. The molecule has 0 spiro atoms. The van der Waals surface area contributed by atoms with Gasteiger partial charge >= 0.3 is 5.97 Å². The zero-order valence-corrected chi connectivity index (χ0v) is 26.9. The first-order valence-corrected chi connectivity index (χ1v) is 15.8. The van der Waals surface area contributed by atoms with E-state index in [0.29, 0.717) is 48.3 Å². The summed E-state index contributed by atoms with van der Waals surface area (Å²) in [5.74, 6) is 0.740. The lowest BCUT2D eigenvalue weighted by Crippen LogP contribution is -2.45. The molecule has 3 N–H and O–H groups in total. The predicted octanol–water partition coefficient (Wildman–Crippen LogP) is 7.44. The molecular formula is C36H43ClN4O3. The highest BCUT2D eigenvalue weighted by molar-refractivity contribution is 6.31. The standard InChI is InChI=1S/C36H43ClN4O3/c1-24(2)18-27-11-12-28(20-31(27)37)33-39-32(40-44-33)30-13-10-26(19-29(30)22-35(3,4)38)23-41-16-14-36(15-17-41,34(42)43)21-25-8-6-5-7-9-25/h5-13,19-20,24H,14-18,21-23,38H2,1-4H3,(H,42,43). The van der Waals surface area contributed by atoms with Crippen molar-refractivity contribution in [2.75, 3.05) is 13.1 Å². The van der Waals surface area contributed by atoms with Crippen LogP contribution in [0.15, 0.2) is 71.3 Å². The number of carbonyl (C=O) groups is 1. The summed E-state index contributed by atoms with van der Waals surface area (Å²) in [5, 5.41) is 15.2. The van der Waals surface area contributed by atoms with E-state index in [1.165, 1.54) is 0 Å². The van der Waals surface area contributed by atoms with Crippen molar-refractivity contribution in [1.29, 1.82) is 0 Å². The van der Waals surface area contributed by atoms with Crippen LogP contribution < -0.4 is 5.73 Å². The Bertz CT molecular complexity index is 1580. The lowest BCUT2D eigenvalue weighted by atomic mass is 9.73. The second kappa shape index (κ2) is 13.2. The number of hydrogen-bond donors (Lipinski definition) is 2. The van der Waals surface area contributed by atoms with Crippen molar-refractivity contribution in [3.05, 3.63) is 94.0 Å². The number of rotatable bonds is 11. The van der Waals surface area contributed by atoms with Crippen LogP contribution in [-0.2, 0) is 30.6 Å². The number of piperidine rings is 1. The maximum absolute atomic E-state index is 12.4. The number of nitrogens with two attached hydrogens (primary N) is 1. The number of halogens is 1. The van der Waals surface area contributed by atoms with E-state index in [0.717, 1.165) is 59.4 Å². The zero-order valence-electron chi connectivity index (χ0n) is 26.1. The average Bonchev–Trinajstić information content (AvgIpc) is 3.45. The fourth-order valence-corrected chi connectivity index (χ4v) is 6.44. The van der Waals surface area contributed by atoms with E-state index in [1.54, 1.807) is 0 Å². The number of carboxylic acids is 1. The summed E-state index contributed by atoms with van der Waals surface area (Å²) in [5.41, 5.74) is 11.4. The molecule has 232 valence electrons. The predicted molar refractivity (Wildman–Crippen MR) is 175 cm³/mol. The fourth-order valence-electron chi connectivity index (χ4n) is 6.19. The average molecular weight is 615 g/mol. The molecule has 0 unspecified atom stereocenters. The Morgan fingerprint density at radius 1 is 1.05 bits per heavy atom. The molecule has 1 fully saturated rings. The van der Waals surface area contributed by atoms with E-state index in [2.05, 4.69) is 36.0 Å². The monoisotopic (exact) mass is 614 g/mol. The van der Waals surface area contributed by atoms with Gasteiger partial charge in [-0.25, -0.2) is 0 Å². The Morgan fingerprint density at radius 3 is 2.41 bits per heavy atom. The van der Waals surface area contributed by atoms with Gasteiger partial charge in [-0.2, -0.15) is 4.98 Å². The van der Waals surface area contributed by atoms with Crippen LogP contribution in [0.25, 0.3) is 22.8 Å². The molecule has 0 atom stereocenters. The lowest BCUT2D eigenvalue weighted by molar-refractivity contribution is -0.152. The van der Waals surface area contributed by atoms with Crippen LogP contribution in [-0.4, -0.2) is 44.7 Å². The first-order chi connectivity index (χ1) is 20.9. The molecule has 1 aromatic heterocycles. The van der Waals surface area contributed by atoms with Crippen molar-refractivity contribution in [2.24, 2.45) is 17.1 Å². The van der Waals surface area contributed by atoms with E-state index in [-0.39, 0.29) is 0 Å². The summed E-state index contributed by atoms with van der Waals surface area (Å²) >= 11 is 6.57. The van der Waals surface area contributed by atoms with Crippen LogP contribution in [0.3, 0.4) is 0 Å². The molecule has 0 saturated carbocycles. The van der Waals surface area contributed by atoms with Gasteiger partial charge in [-0.1, -0.05) is 85.2 Å². The number of benzene rings is 3. The molecule has 8 heteroatoms. The quantitative estimate of drug-likeness (QED) is 0.181. The molecule has 2 heterocycles.